The molecule has 1 aromatic heterocycles. The molecule has 0 saturated carbocycles. The molecule has 0 radical (unpaired) electrons. The highest BCUT2D eigenvalue weighted by atomic mass is 15.1. The first kappa shape index (κ1) is 12.6. The number of aromatic nitrogens is 1. The third-order valence-corrected chi connectivity index (χ3v) is 3.67. The molecule has 0 spiro atoms. The lowest BCUT2D eigenvalue weighted by atomic mass is 9.86. The van der Waals surface area contributed by atoms with Crippen LogP contribution < -0.4 is 0 Å². The van der Waals surface area contributed by atoms with Gasteiger partial charge in [0.05, 0.1) is 0 Å². The first-order valence-electron chi connectivity index (χ1n) is 6.59. The van der Waals surface area contributed by atoms with Gasteiger partial charge in [0.15, 0.2) is 0 Å². The molecule has 2 rings (SSSR count). The second kappa shape index (κ2) is 4.77. The zero-order chi connectivity index (χ0) is 12.5. The Labute approximate surface area is 105 Å². The standard InChI is InChI=1S/C15H24N2/c1-15(2,3)13-5-7-16-14(10-13)9-12-6-8-17(4)11-12/h5,7,10,12H,6,8-9,11H2,1-4H3. The van der Waals surface area contributed by atoms with Crippen molar-refractivity contribution >= 4 is 0 Å². The predicted molar refractivity (Wildman–Crippen MR) is 72.2 cm³/mol. The van der Waals surface area contributed by atoms with Gasteiger partial charge in [-0.25, -0.2) is 0 Å². The minimum Gasteiger partial charge on any atom is -0.306 e. The Hall–Kier alpha value is -0.890. The molecule has 1 saturated heterocycles. The van der Waals surface area contributed by atoms with Crippen LogP contribution in [0.5, 0.6) is 0 Å². The Balaban J connectivity index is 2.06. The molecule has 1 aliphatic rings. The summed E-state index contributed by atoms with van der Waals surface area (Å²) in [4.78, 5) is 6.94. The summed E-state index contributed by atoms with van der Waals surface area (Å²) in [5, 5.41) is 0. The van der Waals surface area contributed by atoms with Crippen molar-refractivity contribution in [2.75, 3.05) is 20.1 Å². The van der Waals surface area contributed by atoms with Crippen molar-refractivity contribution in [3.05, 3.63) is 29.6 Å². The molecule has 2 nitrogen and oxygen atoms in total. The summed E-state index contributed by atoms with van der Waals surface area (Å²) in [5.74, 6) is 0.794. The fourth-order valence-corrected chi connectivity index (χ4v) is 2.55. The molecule has 94 valence electrons. The van der Waals surface area contributed by atoms with Crippen LogP contribution in [0.15, 0.2) is 18.3 Å². The smallest absolute Gasteiger partial charge is 0.0409 e. The fraction of sp³-hybridized carbons (Fsp3) is 0.667. The summed E-state index contributed by atoms with van der Waals surface area (Å²) in [6.45, 7) is 9.24. The summed E-state index contributed by atoms with van der Waals surface area (Å²) in [7, 11) is 2.21. The van der Waals surface area contributed by atoms with E-state index in [0.29, 0.717) is 0 Å². The molecular formula is C15H24N2. The van der Waals surface area contributed by atoms with E-state index in [1.807, 2.05) is 6.20 Å². The average molecular weight is 232 g/mol. The second-order valence-corrected chi connectivity index (χ2v) is 6.41. The SMILES string of the molecule is CN1CCC(Cc2cc(C(C)(C)C)ccn2)C1. The minimum absolute atomic E-state index is 0.226. The van der Waals surface area contributed by atoms with E-state index >= 15 is 0 Å². The van der Waals surface area contributed by atoms with Gasteiger partial charge in [-0.2, -0.15) is 0 Å². The number of rotatable bonds is 2. The molecule has 0 bridgehead atoms. The van der Waals surface area contributed by atoms with Crippen molar-refractivity contribution in [3.63, 3.8) is 0 Å². The van der Waals surface area contributed by atoms with E-state index < -0.39 is 0 Å². The lowest BCUT2D eigenvalue weighted by molar-refractivity contribution is 0.393. The van der Waals surface area contributed by atoms with Gasteiger partial charge in [0.1, 0.15) is 0 Å². The summed E-state index contributed by atoms with van der Waals surface area (Å²) in [6.07, 6.45) is 4.42. The number of likely N-dealkylation sites (tertiary alicyclic amines) is 1. The molecule has 1 atom stereocenters. The Morgan fingerprint density at radius 1 is 1.41 bits per heavy atom. The van der Waals surface area contributed by atoms with Gasteiger partial charge in [-0.05, 0) is 55.5 Å². The van der Waals surface area contributed by atoms with Gasteiger partial charge in [-0.1, -0.05) is 20.8 Å². The molecule has 0 N–H and O–H groups in total. The maximum absolute atomic E-state index is 4.52. The van der Waals surface area contributed by atoms with Crippen molar-refractivity contribution < 1.29 is 0 Å². The largest absolute Gasteiger partial charge is 0.306 e. The van der Waals surface area contributed by atoms with Crippen LogP contribution in [0.1, 0.15) is 38.4 Å². The molecule has 0 aromatic carbocycles. The van der Waals surface area contributed by atoms with Gasteiger partial charge >= 0.3 is 0 Å². The molecule has 1 fully saturated rings. The summed E-state index contributed by atoms with van der Waals surface area (Å²) in [6, 6.07) is 4.43. The van der Waals surface area contributed by atoms with Gasteiger partial charge < -0.3 is 4.90 Å². The van der Waals surface area contributed by atoms with Crippen molar-refractivity contribution in [1.82, 2.24) is 9.88 Å². The van der Waals surface area contributed by atoms with Gasteiger partial charge in [-0.15, -0.1) is 0 Å². The minimum atomic E-state index is 0.226. The molecule has 17 heavy (non-hydrogen) atoms. The molecule has 0 amide bonds. The quantitative estimate of drug-likeness (QED) is 0.779. The van der Waals surface area contributed by atoms with Crippen molar-refractivity contribution in [2.45, 2.75) is 39.0 Å². The highest BCUT2D eigenvalue weighted by Crippen LogP contribution is 2.24. The topological polar surface area (TPSA) is 16.1 Å². The molecule has 1 aromatic rings. The Bertz CT molecular complexity index is 379. The lowest BCUT2D eigenvalue weighted by Crippen LogP contribution is -2.16. The van der Waals surface area contributed by atoms with Crippen LogP contribution in [-0.2, 0) is 11.8 Å². The van der Waals surface area contributed by atoms with E-state index in [1.54, 1.807) is 0 Å². The van der Waals surface area contributed by atoms with Gasteiger partial charge in [-0.3, -0.25) is 4.98 Å². The summed E-state index contributed by atoms with van der Waals surface area (Å²) in [5.41, 5.74) is 2.89. The first-order chi connectivity index (χ1) is 7.95. The first-order valence-corrected chi connectivity index (χ1v) is 6.59. The van der Waals surface area contributed by atoms with Crippen molar-refractivity contribution in [1.29, 1.82) is 0 Å². The highest BCUT2D eigenvalue weighted by Gasteiger charge is 2.21. The number of pyridine rings is 1. The predicted octanol–water partition coefficient (Wildman–Crippen LogP) is 2.87. The van der Waals surface area contributed by atoms with Crippen LogP contribution in [0.25, 0.3) is 0 Å². The summed E-state index contributed by atoms with van der Waals surface area (Å²) >= 11 is 0. The molecule has 1 unspecified atom stereocenters. The van der Waals surface area contributed by atoms with E-state index in [2.05, 4.69) is 49.8 Å². The monoisotopic (exact) mass is 232 g/mol. The Morgan fingerprint density at radius 2 is 2.18 bits per heavy atom. The van der Waals surface area contributed by atoms with Crippen molar-refractivity contribution in [2.24, 2.45) is 5.92 Å². The third-order valence-electron chi connectivity index (χ3n) is 3.67. The van der Waals surface area contributed by atoms with E-state index in [0.717, 1.165) is 12.3 Å². The van der Waals surface area contributed by atoms with Crippen LogP contribution in [0, 0.1) is 5.92 Å². The van der Waals surface area contributed by atoms with Gasteiger partial charge in [0.2, 0.25) is 0 Å². The molecule has 0 aliphatic carbocycles. The maximum Gasteiger partial charge on any atom is 0.0409 e. The number of hydrogen-bond donors (Lipinski definition) is 0. The molecule has 2 heteroatoms. The zero-order valence-electron chi connectivity index (χ0n) is 11.5. The van der Waals surface area contributed by atoms with E-state index in [4.69, 9.17) is 0 Å². The second-order valence-electron chi connectivity index (χ2n) is 6.41. The van der Waals surface area contributed by atoms with Crippen LogP contribution in [-0.4, -0.2) is 30.0 Å². The summed E-state index contributed by atoms with van der Waals surface area (Å²) < 4.78 is 0. The van der Waals surface area contributed by atoms with Crippen LogP contribution in [0.3, 0.4) is 0 Å². The molecule has 1 aliphatic heterocycles. The fourth-order valence-electron chi connectivity index (χ4n) is 2.55. The molecule has 2 heterocycles. The normalized spacial score (nSPS) is 22.0. The van der Waals surface area contributed by atoms with E-state index in [9.17, 15) is 0 Å². The average Bonchev–Trinajstić information content (AvgIpc) is 2.63. The maximum atomic E-state index is 4.52. The number of hydrogen-bond acceptors (Lipinski definition) is 2. The number of nitrogens with zero attached hydrogens (tertiary/aromatic N) is 2. The van der Waals surface area contributed by atoms with Crippen molar-refractivity contribution in [3.8, 4) is 0 Å². The zero-order valence-corrected chi connectivity index (χ0v) is 11.5. The van der Waals surface area contributed by atoms with Crippen LogP contribution in [0.2, 0.25) is 0 Å². The van der Waals surface area contributed by atoms with Gasteiger partial charge in [0.25, 0.3) is 0 Å². The van der Waals surface area contributed by atoms with Gasteiger partial charge in [0, 0.05) is 18.4 Å². The van der Waals surface area contributed by atoms with E-state index in [-0.39, 0.29) is 5.41 Å². The Kier molecular flexibility index (Phi) is 3.53. The van der Waals surface area contributed by atoms with Crippen LogP contribution in [0.4, 0.5) is 0 Å². The third kappa shape index (κ3) is 3.29. The lowest BCUT2D eigenvalue weighted by Gasteiger charge is -2.20. The Morgan fingerprint density at radius 3 is 2.76 bits per heavy atom. The van der Waals surface area contributed by atoms with E-state index in [1.165, 1.54) is 30.8 Å². The van der Waals surface area contributed by atoms with Crippen LogP contribution >= 0.6 is 0 Å². The molecular weight excluding hydrogens is 208 g/mol. The highest BCUT2D eigenvalue weighted by molar-refractivity contribution is 5.23.